The Labute approximate surface area is 166 Å². The van der Waals surface area contributed by atoms with Crippen molar-refractivity contribution in [1.82, 2.24) is 19.7 Å². The van der Waals surface area contributed by atoms with Gasteiger partial charge in [0.25, 0.3) is 0 Å². The lowest BCUT2D eigenvalue weighted by Gasteiger charge is -2.07. The molecule has 6 nitrogen and oxygen atoms in total. The fraction of sp³-hybridized carbons (Fsp3) is 0.143. The summed E-state index contributed by atoms with van der Waals surface area (Å²) < 4.78 is 1.75. The molecule has 0 atom stereocenters. The Hall–Kier alpha value is -3.32. The average molecular weight is 389 g/mol. The van der Waals surface area contributed by atoms with Gasteiger partial charge in [0.2, 0.25) is 5.91 Å². The van der Waals surface area contributed by atoms with Crippen LogP contribution in [0.5, 0.6) is 0 Å². The summed E-state index contributed by atoms with van der Waals surface area (Å²) in [4.78, 5) is 20.8. The average Bonchev–Trinajstić information content (AvgIpc) is 3.36. The highest BCUT2D eigenvalue weighted by Gasteiger charge is 2.07. The van der Waals surface area contributed by atoms with Crippen molar-refractivity contribution in [3.8, 4) is 11.3 Å². The topological polar surface area (TPSA) is 72.7 Å². The van der Waals surface area contributed by atoms with Crippen molar-refractivity contribution >= 4 is 22.9 Å². The molecule has 4 aromatic rings. The minimum Gasteiger partial charge on any atom is -0.326 e. The van der Waals surface area contributed by atoms with Gasteiger partial charge >= 0.3 is 0 Å². The highest BCUT2D eigenvalue weighted by atomic mass is 32.1. The van der Waals surface area contributed by atoms with Crippen molar-refractivity contribution in [2.75, 3.05) is 5.32 Å². The molecule has 1 N–H and O–H groups in total. The molecule has 2 heterocycles. The number of anilines is 1. The summed E-state index contributed by atoms with van der Waals surface area (Å²) in [5, 5.41) is 10.1. The van der Waals surface area contributed by atoms with Gasteiger partial charge in [0.1, 0.15) is 12.7 Å². The standard InChI is InChI=1S/C21H19N5OS/c1-15-24-20(12-28-15)18-6-2-16(3-7-18)10-21(27)25-19-8-4-17(5-9-19)11-26-14-22-13-23-26/h2-9,12-14H,10-11H2,1H3,(H,25,27). The van der Waals surface area contributed by atoms with Crippen LogP contribution < -0.4 is 5.32 Å². The van der Waals surface area contributed by atoms with Crippen molar-refractivity contribution in [2.24, 2.45) is 0 Å². The molecule has 0 saturated carbocycles. The fourth-order valence-corrected chi connectivity index (χ4v) is 3.50. The van der Waals surface area contributed by atoms with Crippen LogP contribution in [-0.2, 0) is 17.8 Å². The molecule has 0 spiro atoms. The lowest BCUT2D eigenvalue weighted by atomic mass is 10.1. The molecule has 2 aromatic carbocycles. The van der Waals surface area contributed by atoms with Crippen LogP contribution in [0, 0.1) is 6.92 Å². The van der Waals surface area contributed by atoms with Gasteiger partial charge in [0, 0.05) is 16.6 Å². The number of nitrogens with one attached hydrogen (secondary N) is 1. The molecule has 0 aliphatic heterocycles. The van der Waals surface area contributed by atoms with Crippen LogP contribution in [0.1, 0.15) is 16.1 Å². The molecular weight excluding hydrogens is 370 g/mol. The molecule has 140 valence electrons. The van der Waals surface area contributed by atoms with Crippen LogP contribution in [0.15, 0.2) is 66.6 Å². The van der Waals surface area contributed by atoms with E-state index in [1.54, 1.807) is 22.3 Å². The van der Waals surface area contributed by atoms with E-state index in [1.165, 1.54) is 6.33 Å². The number of nitrogens with zero attached hydrogens (tertiary/aromatic N) is 4. The van der Waals surface area contributed by atoms with Crippen LogP contribution in [0.2, 0.25) is 0 Å². The predicted octanol–water partition coefficient (Wildman–Crippen LogP) is 3.94. The number of benzene rings is 2. The first-order valence-electron chi connectivity index (χ1n) is 8.88. The number of amides is 1. The largest absolute Gasteiger partial charge is 0.326 e. The van der Waals surface area contributed by atoms with Crippen LogP contribution in [0.25, 0.3) is 11.3 Å². The minimum absolute atomic E-state index is 0.0405. The quantitative estimate of drug-likeness (QED) is 0.542. The smallest absolute Gasteiger partial charge is 0.228 e. The van der Waals surface area contributed by atoms with Crippen LogP contribution >= 0.6 is 11.3 Å². The monoisotopic (exact) mass is 389 g/mol. The zero-order valence-electron chi connectivity index (χ0n) is 15.4. The molecule has 28 heavy (non-hydrogen) atoms. The Kier molecular flexibility index (Phi) is 5.25. The first-order chi connectivity index (χ1) is 13.7. The number of hydrogen-bond acceptors (Lipinski definition) is 5. The van der Waals surface area contributed by atoms with Crippen molar-refractivity contribution in [2.45, 2.75) is 19.9 Å². The second kappa shape index (κ2) is 8.14. The summed E-state index contributed by atoms with van der Waals surface area (Å²) in [6, 6.07) is 15.7. The zero-order chi connectivity index (χ0) is 19.3. The van der Waals surface area contributed by atoms with Gasteiger partial charge in [0.15, 0.2) is 0 Å². The molecular formula is C21H19N5OS. The number of aryl methyl sites for hydroxylation is 1. The second-order valence-corrected chi connectivity index (χ2v) is 7.53. The number of carbonyl (C=O) groups is 1. The van der Waals surface area contributed by atoms with Crippen LogP contribution in [0.4, 0.5) is 5.69 Å². The molecule has 0 aliphatic rings. The highest BCUT2D eigenvalue weighted by molar-refractivity contribution is 7.09. The summed E-state index contributed by atoms with van der Waals surface area (Å²) in [5.74, 6) is -0.0405. The van der Waals surface area contributed by atoms with E-state index < -0.39 is 0 Å². The summed E-state index contributed by atoms with van der Waals surface area (Å²) in [5.41, 5.74) is 4.88. The third kappa shape index (κ3) is 4.50. The fourth-order valence-electron chi connectivity index (χ4n) is 2.87. The Bertz CT molecular complexity index is 1050. The van der Waals surface area contributed by atoms with Crippen LogP contribution in [0.3, 0.4) is 0 Å². The van der Waals surface area contributed by atoms with Crippen molar-refractivity contribution in [1.29, 1.82) is 0 Å². The maximum Gasteiger partial charge on any atom is 0.228 e. The molecule has 1 amide bonds. The number of carbonyl (C=O) groups excluding carboxylic acids is 1. The first-order valence-corrected chi connectivity index (χ1v) is 9.76. The molecule has 4 rings (SSSR count). The molecule has 0 fully saturated rings. The lowest BCUT2D eigenvalue weighted by molar-refractivity contribution is -0.115. The number of rotatable bonds is 6. The van der Waals surface area contributed by atoms with E-state index in [2.05, 4.69) is 20.4 Å². The summed E-state index contributed by atoms with van der Waals surface area (Å²) in [6.45, 7) is 2.65. The van der Waals surface area contributed by atoms with Gasteiger partial charge in [-0.2, -0.15) is 5.10 Å². The SMILES string of the molecule is Cc1nc(-c2ccc(CC(=O)Nc3ccc(Cn4cncn4)cc3)cc2)cs1. The van der Waals surface area contributed by atoms with Crippen LogP contribution in [-0.4, -0.2) is 25.7 Å². The van der Waals surface area contributed by atoms with Gasteiger partial charge in [-0.15, -0.1) is 11.3 Å². The summed E-state index contributed by atoms with van der Waals surface area (Å²) >= 11 is 1.63. The van der Waals surface area contributed by atoms with E-state index in [4.69, 9.17) is 0 Å². The van der Waals surface area contributed by atoms with E-state index in [1.807, 2.05) is 60.8 Å². The maximum absolute atomic E-state index is 12.3. The Morgan fingerprint density at radius 3 is 2.46 bits per heavy atom. The predicted molar refractivity (Wildman–Crippen MR) is 110 cm³/mol. The summed E-state index contributed by atoms with van der Waals surface area (Å²) in [6.07, 6.45) is 3.52. The molecule has 0 bridgehead atoms. The third-order valence-corrected chi connectivity index (χ3v) is 5.06. The lowest BCUT2D eigenvalue weighted by Crippen LogP contribution is -2.14. The summed E-state index contributed by atoms with van der Waals surface area (Å²) in [7, 11) is 0. The number of thiazole rings is 1. The van der Waals surface area contributed by atoms with Gasteiger partial charge in [-0.25, -0.2) is 14.6 Å². The zero-order valence-corrected chi connectivity index (χ0v) is 16.2. The van der Waals surface area contributed by atoms with E-state index in [9.17, 15) is 4.79 Å². The van der Waals surface area contributed by atoms with E-state index in [-0.39, 0.29) is 5.91 Å². The number of hydrogen-bond donors (Lipinski definition) is 1. The molecule has 7 heteroatoms. The maximum atomic E-state index is 12.3. The van der Waals surface area contributed by atoms with E-state index >= 15 is 0 Å². The van der Waals surface area contributed by atoms with Gasteiger partial charge in [-0.05, 0) is 30.2 Å². The third-order valence-electron chi connectivity index (χ3n) is 4.28. The molecule has 0 saturated heterocycles. The molecule has 2 aromatic heterocycles. The second-order valence-electron chi connectivity index (χ2n) is 6.46. The van der Waals surface area contributed by atoms with Gasteiger partial charge in [0.05, 0.1) is 23.7 Å². The first kappa shape index (κ1) is 18.1. The Balaban J connectivity index is 1.33. The highest BCUT2D eigenvalue weighted by Crippen LogP contribution is 2.22. The molecule has 0 aliphatic carbocycles. The minimum atomic E-state index is -0.0405. The van der Waals surface area contributed by atoms with Crippen molar-refractivity contribution < 1.29 is 4.79 Å². The van der Waals surface area contributed by atoms with Gasteiger partial charge in [-0.3, -0.25) is 4.79 Å². The number of aromatic nitrogens is 4. The Morgan fingerprint density at radius 1 is 1.07 bits per heavy atom. The van der Waals surface area contributed by atoms with Gasteiger partial charge < -0.3 is 5.32 Å². The van der Waals surface area contributed by atoms with Crippen molar-refractivity contribution in [3.63, 3.8) is 0 Å². The van der Waals surface area contributed by atoms with Crippen molar-refractivity contribution in [3.05, 3.63) is 82.7 Å². The molecule has 0 unspecified atom stereocenters. The normalized spacial score (nSPS) is 10.8. The molecule has 0 radical (unpaired) electrons. The Morgan fingerprint density at radius 2 is 1.82 bits per heavy atom. The van der Waals surface area contributed by atoms with E-state index in [0.717, 1.165) is 33.1 Å². The van der Waals surface area contributed by atoms with E-state index in [0.29, 0.717) is 13.0 Å². The van der Waals surface area contributed by atoms with Gasteiger partial charge in [-0.1, -0.05) is 36.4 Å².